The molecule has 0 saturated heterocycles. The first-order chi connectivity index (χ1) is 14.4. The number of hydrogen-bond acceptors (Lipinski definition) is 6. The number of aromatic amines is 1. The van der Waals surface area contributed by atoms with E-state index in [0.29, 0.717) is 11.5 Å². The van der Waals surface area contributed by atoms with Crippen LogP contribution in [0.2, 0.25) is 0 Å². The number of nitrogens with zero attached hydrogens (tertiary/aromatic N) is 5. The van der Waals surface area contributed by atoms with Crippen LogP contribution in [0.3, 0.4) is 0 Å². The second-order valence-electron chi connectivity index (χ2n) is 6.54. The second kappa shape index (κ2) is 7.59. The highest BCUT2D eigenvalue weighted by Gasteiger charge is 2.17. The molecule has 10 heteroatoms. The van der Waals surface area contributed by atoms with Gasteiger partial charge >= 0.3 is 5.69 Å². The van der Waals surface area contributed by atoms with Crippen molar-refractivity contribution in [1.29, 1.82) is 0 Å². The molecule has 3 heterocycles. The second-order valence-corrected chi connectivity index (χ2v) is 6.54. The molecule has 1 amide bonds. The Balaban J connectivity index is 1.67. The molecule has 0 aliphatic carbocycles. The van der Waals surface area contributed by atoms with Crippen molar-refractivity contribution in [2.24, 2.45) is 0 Å². The molecule has 0 fully saturated rings. The molecule has 3 aromatic heterocycles. The van der Waals surface area contributed by atoms with Gasteiger partial charge in [0, 0.05) is 18.0 Å². The summed E-state index contributed by atoms with van der Waals surface area (Å²) in [6.07, 6.45) is 2.37. The number of amides is 1. The Morgan fingerprint density at radius 1 is 1.07 bits per heavy atom. The number of anilines is 1. The molecule has 1 aromatic carbocycles. The summed E-state index contributed by atoms with van der Waals surface area (Å²) in [6, 6.07) is 11.8. The quantitative estimate of drug-likeness (QED) is 0.530. The molecule has 150 valence electrons. The molecule has 0 radical (unpaired) electrons. The highest BCUT2D eigenvalue weighted by atomic mass is 16.2. The van der Waals surface area contributed by atoms with Crippen molar-refractivity contribution < 1.29 is 4.79 Å². The minimum Gasteiger partial charge on any atom is -0.313 e. The summed E-state index contributed by atoms with van der Waals surface area (Å²) in [5, 5.41) is 6.92. The molecule has 30 heavy (non-hydrogen) atoms. The number of carbonyl (C=O) groups excluding carboxylic acids is 1. The maximum absolute atomic E-state index is 12.8. The largest absolute Gasteiger partial charge is 0.333 e. The van der Waals surface area contributed by atoms with E-state index in [2.05, 4.69) is 25.4 Å². The van der Waals surface area contributed by atoms with Crippen LogP contribution < -0.4 is 16.6 Å². The summed E-state index contributed by atoms with van der Waals surface area (Å²) in [4.78, 5) is 48.3. The SMILES string of the molecule is Cc1cc(C)n(-c2cc(NC(=O)c3c[nH]c(=O)n(-c4ccccc4)c3=O)ncn2)n1. The normalized spacial score (nSPS) is 10.7. The molecule has 0 unspecified atom stereocenters. The van der Waals surface area contributed by atoms with Crippen LogP contribution in [0.1, 0.15) is 21.7 Å². The zero-order valence-corrected chi connectivity index (χ0v) is 16.2. The van der Waals surface area contributed by atoms with Crippen molar-refractivity contribution in [3.05, 3.63) is 92.8 Å². The number of rotatable bonds is 4. The van der Waals surface area contributed by atoms with E-state index in [1.54, 1.807) is 41.1 Å². The molecule has 0 atom stereocenters. The first-order valence-electron chi connectivity index (χ1n) is 9.01. The number of aromatic nitrogens is 6. The van der Waals surface area contributed by atoms with Crippen LogP contribution in [0.15, 0.2) is 64.6 Å². The fraction of sp³-hybridized carbons (Fsp3) is 0.100. The van der Waals surface area contributed by atoms with E-state index >= 15 is 0 Å². The molecule has 4 rings (SSSR count). The summed E-state index contributed by atoms with van der Waals surface area (Å²) in [5.41, 5.74) is 0.435. The Hall–Kier alpha value is -4.34. The van der Waals surface area contributed by atoms with Gasteiger partial charge in [0.1, 0.15) is 17.7 Å². The molecule has 0 aliphatic rings. The third kappa shape index (κ3) is 3.53. The number of para-hydroxylation sites is 1. The summed E-state index contributed by atoms with van der Waals surface area (Å²) >= 11 is 0. The fourth-order valence-corrected chi connectivity index (χ4v) is 3.02. The minimum absolute atomic E-state index is 0.189. The number of benzene rings is 1. The Labute approximate surface area is 169 Å². The first kappa shape index (κ1) is 19.0. The highest BCUT2D eigenvalue weighted by molar-refractivity contribution is 6.03. The first-order valence-corrected chi connectivity index (χ1v) is 9.01. The molecular formula is C20H17N7O3. The van der Waals surface area contributed by atoms with Gasteiger partial charge in [-0.1, -0.05) is 18.2 Å². The van der Waals surface area contributed by atoms with Crippen molar-refractivity contribution in [3.8, 4) is 11.5 Å². The zero-order chi connectivity index (χ0) is 21.3. The minimum atomic E-state index is -0.740. The Morgan fingerprint density at radius 3 is 2.53 bits per heavy atom. The monoisotopic (exact) mass is 403 g/mol. The lowest BCUT2D eigenvalue weighted by Crippen LogP contribution is -2.38. The molecule has 10 nitrogen and oxygen atoms in total. The van der Waals surface area contributed by atoms with Crippen LogP contribution in [-0.2, 0) is 0 Å². The van der Waals surface area contributed by atoms with Crippen LogP contribution in [0, 0.1) is 13.8 Å². The molecule has 2 N–H and O–H groups in total. The van der Waals surface area contributed by atoms with E-state index in [9.17, 15) is 14.4 Å². The zero-order valence-electron chi connectivity index (χ0n) is 16.2. The van der Waals surface area contributed by atoms with E-state index in [1.807, 2.05) is 19.9 Å². The number of hydrogen-bond donors (Lipinski definition) is 2. The number of nitrogens with one attached hydrogen (secondary N) is 2. The van der Waals surface area contributed by atoms with Gasteiger partial charge in [-0.15, -0.1) is 0 Å². The lowest BCUT2D eigenvalue weighted by molar-refractivity contribution is 0.102. The molecule has 0 bridgehead atoms. The van der Waals surface area contributed by atoms with Gasteiger partial charge in [0.05, 0.1) is 11.4 Å². The highest BCUT2D eigenvalue weighted by Crippen LogP contribution is 2.13. The molecular weight excluding hydrogens is 386 g/mol. The summed E-state index contributed by atoms with van der Waals surface area (Å²) in [7, 11) is 0. The lowest BCUT2D eigenvalue weighted by atomic mass is 10.2. The van der Waals surface area contributed by atoms with Gasteiger partial charge in [-0.25, -0.2) is 24.0 Å². The van der Waals surface area contributed by atoms with E-state index in [4.69, 9.17) is 0 Å². The van der Waals surface area contributed by atoms with Gasteiger partial charge in [0.25, 0.3) is 11.5 Å². The van der Waals surface area contributed by atoms with Gasteiger partial charge in [-0.05, 0) is 32.0 Å². The Bertz CT molecular complexity index is 1350. The number of H-pyrrole nitrogens is 1. The van der Waals surface area contributed by atoms with E-state index < -0.39 is 17.2 Å². The van der Waals surface area contributed by atoms with Crippen LogP contribution in [0.25, 0.3) is 11.5 Å². The van der Waals surface area contributed by atoms with Crippen LogP contribution >= 0.6 is 0 Å². The van der Waals surface area contributed by atoms with Crippen molar-refractivity contribution >= 4 is 11.7 Å². The summed E-state index contributed by atoms with van der Waals surface area (Å²) in [6.45, 7) is 3.74. The predicted molar refractivity (Wildman–Crippen MR) is 109 cm³/mol. The standard InChI is InChI=1S/C20H17N7O3/c1-12-8-13(2)27(25-12)17-9-16(22-11-23-17)24-18(28)15-10-21-20(30)26(19(15)29)14-6-4-3-5-7-14/h3-11H,1-2H3,(H,21,30)(H,22,23,24,28). The average Bonchev–Trinajstić information content (AvgIpc) is 3.07. The molecule has 0 aliphatic heterocycles. The molecule has 4 aromatic rings. The Kier molecular flexibility index (Phi) is 4.80. The Morgan fingerprint density at radius 2 is 1.83 bits per heavy atom. The van der Waals surface area contributed by atoms with Crippen molar-refractivity contribution in [2.75, 3.05) is 5.32 Å². The molecule has 0 spiro atoms. The van der Waals surface area contributed by atoms with Crippen LogP contribution in [-0.4, -0.2) is 35.2 Å². The third-order valence-electron chi connectivity index (χ3n) is 4.36. The average molecular weight is 403 g/mol. The predicted octanol–water partition coefficient (Wildman–Crippen LogP) is 1.37. The topological polar surface area (TPSA) is 128 Å². The van der Waals surface area contributed by atoms with Crippen LogP contribution in [0.4, 0.5) is 5.82 Å². The number of carbonyl (C=O) groups is 1. The van der Waals surface area contributed by atoms with Crippen molar-refractivity contribution in [2.45, 2.75) is 13.8 Å². The van der Waals surface area contributed by atoms with E-state index in [1.165, 1.54) is 6.33 Å². The third-order valence-corrected chi connectivity index (χ3v) is 4.36. The number of aryl methyl sites for hydroxylation is 2. The van der Waals surface area contributed by atoms with E-state index in [0.717, 1.165) is 22.2 Å². The maximum atomic E-state index is 12.8. The maximum Gasteiger partial charge on any atom is 0.333 e. The van der Waals surface area contributed by atoms with Gasteiger partial charge in [-0.3, -0.25) is 9.59 Å². The van der Waals surface area contributed by atoms with Crippen molar-refractivity contribution in [3.63, 3.8) is 0 Å². The smallest absolute Gasteiger partial charge is 0.313 e. The fourth-order valence-electron chi connectivity index (χ4n) is 3.02. The van der Waals surface area contributed by atoms with Gasteiger partial charge in [0.2, 0.25) is 0 Å². The summed E-state index contributed by atoms with van der Waals surface area (Å²) < 4.78 is 2.52. The van der Waals surface area contributed by atoms with Gasteiger partial charge in [0.15, 0.2) is 5.82 Å². The van der Waals surface area contributed by atoms with Gasteiger partial charge in [-0.2, -0.15) is 5.10 Å². The lowest BCUT2D eigenvalue weighted by Gasteiger charge is -2.09. The molecule has 0 saturated carbocycles. The van der Waals surface area contributed by atoms with Crippen LogP contribution in [0.5, 0.6) is 0 Å². The summed E-state index contributed by atoms with van der Waals surface area (Å²) in [5.74, 6) is -0.0533. The van der Waals surface area contributed by atoms with Crippen molar-refractivity contribution in [1.82, 2.24) is 29.3 Å². The van der Waals surface area contributed by atoms with Gasteiger partial charge < -0.3 is 10.3 Å². The van der Waals surface area contributed by atoms with E-state index in [-0.39, 0.29) is 11.4 Å².